The predicted molar refractivity (Wildman–Crippen MR) is 83.1 cm³/mol. The number of carbonyl (C=O) groups excluding carboxylic acids is 1. The van der Waals surface area contributed by atoms with Crippen LogP contribution in [-0.2, 0) is 13.6 Å². The van der Waals surface area contributed by atoms with Crippen molar-refractivity contribution in [2.45, 2.75) is 13.5 Å². The predicted octanol–water partition coefficient (Wildman–Crippen LogP) is 2.81. The second-order valence-electron chi connectivity index (χ2n) is 5.16. The lowest BCUT2D eigenvalue weighted by molar-refractivity contribution is 0.0950. The monoisotopic (exact) mass is 279 g/mol. The molecule has 0 bridgehead atoms. The second-order valence-corrected chi connectivity index (χ2v) is 5.16. The van der Waals surface area contributed by atoms with Crippen molar-refractivity contribution in [2.75, 3.05) is 0 Å². The molecule has 2 heterocycles. The Morgan fingerprint density at radius 2 is 2.14 bits per heavy atom. The first-order valence-electron chi connectivity index (χ1n) is 6.88. The molecule has 0 fully saturated rings. The van der Waals surface area contributed by atoms with E-state index in [1.807, 2.05) is 6.07 Å². The number of pyridine rings is 1. The van der Waals surface area contributed by atoms with Gasteiger partial charge in [-0.3, -0.25) is 9.78 Å². The normalized spacial score (nSPS) is 10.8. The molecule has 0 atom stereocenters. The zero-order chi connectivity index (χ0) is 14.8. The standard InChI is InChI=1S/C17H17N3O/c1-12-8-15-9-13(5-6-16(15)20(12)2)10-19-17(21)14-4-3-7-18-11-14/h3-9,11H,10H2,1-2H3,(H,19,21). The molecule has 0 unspecified atom stereocenters. The summed E-state index contributed by atoms with van der Waals surface area (Å²) in [5, 5.41) is 4.11. The highest BCUT2D eigenvalue weighted by Gasteiger charge is 2.06. The van der Waals surface area contributed by atoms with Crippen molar-refractivity contribution >= 4 is 16.8 Å². The molecule has 3 aromatic rings. The fraction of sp³-hybridized carbons (Fsp3) is 0.176. The molecule has 2 aromatic heterocycles. The van der Waals surface area contributed by atoms with Crippen molar-refractivity contribution in [3.05, 3.63) is 65.6 Å². The van der Waals surface area contributed by atoms with Crippen LogP contribution in [0.3, 0.4) is 0 Å². The third kappa shape index (κ3) is 2.65. The summed E-state index contributed by atoms with van der Waals surface area (Å²) >= 11 is 0. The number of nitrogens with zero attached hydrogens (tertiary/aromatic N) is 2. The number of aromatic nitrogens is 2. The molecule has 0 aliphatic heterocycles. The SMILES string of the molecule is Cc1cc2cc(CNC(=O)c3cccnc3)ccc2n1C. The van der Waals surface area contributed by atoms with Gasteiger partial charge in [-0.05, 0) is 42.8 Å². The smallest absolute Gasteiger partial charge is 0.253 e. The highest BCUT2D eigenvalue weighted by molar-refractivity contribution is 5.93. The maximum Gasteiger partial charge on any atom is 0.253 e. The van der Waals surface area contributed by atoms with Gasteiger partial charge in [-0.1, -0.05) is 6.07 Å². The van der Waals surface area contributed by atoms with E-state index in [0.717, 1.165) is 5.56 Å². The number of benzene rings is 1. The van der Waals surface area contributed by atoms with Gasteiger partial charge in [0.25, 0.3) is 5.91 Å². The fourth-order valence-electron chi connectivity index (χ4n) is 2.43. The van der Waals surface area contributed by atoms with Gasteiger partial charge in [0.2, 0.25) is 0 Å². The van der Waals surface area contributed by atoms with Crippen molar-refractivity contribution in [3.63, 3.8) is 0 Å². The largest absolute Gasteiger partial charge is 0.348 e. The number of rotatable bonds is 3. The molecule has 0 saturated heterocycles. The Labute approximate surface area is 123 Å². The minimum Gasteiger partial charge on any atom is -0.348 e. The number of amides is 1. The van der Waals surface area contributed by atoms with E-state index in [9.17, 15) is 4.79 Å². The van der Waals surface area contributed by atoms with Gasteiger partial charge in [0, 0.05) is 42.6 Å². The van der Waals surface area contributed by atoms with Crippen LogP contribution in [0, 0.1) is 6.92 Å². The lowest BCUT2D eigenvalue weighted by atomic mass is 10.1. The van der Waals surface area contributed by atoms with Crippen molar-refractivity contribution in [1.82, 2.24) is 14.9 Å². The third-order valence-electron chi connectivity index (χ3n) is 3.72. The Morgan fingerprint density at radius 3 is 2.90 bits per heavy atom. The van der Waals surface area contributed by atoms with Gasteiger partial charge >= 0.3 is 0 Å². The van der Waals surface area contributed by atoms with Gasteiger partial charge in [-0.25, -0.2) is 0 Å². The lowest BCUT2D eigenvalue weighted by Crippen LogP contribution is -2.22. The molecule has 1 amide bonds. The van der Waals surface area contributed by atoms with Crippen molar-refractivity contribution in [3.8, 4) is 0 Å². The number of hydrogen-bond donors (Lipinski definition) is 1. The van der Waals surface area contributed by atoms with Gasteiger partial charge < -0.3 is 9.88 Å². The van der Waals surface area contributed by atoms with Gasteiger partial charge in [0.15, 0.2) is 0 Å². The first-order chi connectivity index (χ1) is 10.1. The van der Waals surface area contributed by atoms with Crippen LogP contribution in [0.15, 0.2) is 48.8 Å². The zero-order valence-corrected chi connectivity index (χ0v) is 12.1. The van der Waals surface area contributed by atoms with E-state index in [-0.39, 0.29) is 5.91 Å². The highest BCUT2D eigenvalue weighted by atomic mass is 16.1. The van der Waals surface area contributed by atoms with E-state index in [1.165, 1.54) is 16.6 Å². The zero-order valence-electron chi connectivity index (χ0n) is 12.1. The molecular weight excluding hydrogens is 262 g/mol. The summed E-state index contributed by atoms with van der Waals surface area (Å²) < 4.78 is 2.16. The number of hydrogen-bond acceptors (Lipinski definition) is 2. The van der Waals surface area contributed by atoms with Gasteiger partial charge in [-0.2, -0.15) is 0 Å². The molecule has 106 valence electrons. The Morgan fingerprint density at radius 1 is 1.29 bits per heavy atom. The third-order valence-corrected chi connectivity index (χ3v) is 3.72. The van der Waals surface area contributed by atoms with Crippen molar-refractivity contribution in [2.24, 2.45) is 7.05 Å². The Balaban J connectivity index is 1.75. The van der Waals surface area contributed by atoms with Crippen LogP contribution >= 0.6 is 0 Å². The van der Waals surface area contributed by atoms with Crippen molar-refractivity contribution < 1.29 is 4.79 Å². The first-order valence-corrected chi connectivity index (χ1v) is 6.88. The molecule has 3 rings (SSSR count). The van der Waals surface area contributed by atoms with Gasteiger partial charge in [0.1, 0.15) is 0 Å². The van der Waals surface area contributed by atoms with E-state index in [2.05, 4.69) is 47.0 Å². The summed E-state index contributed by atoms with van der Waals surface area (Å²) in [6.45, 7) is 2.60. The number of fused-ring (bicyclic) bond motifs is 1. The van der Waals surface area contributed by atoms with Crippen molar-refractivity contribution in [1.29, 1.82) is 0 Å². The van der Waals surface area contributed by atoms with E-state index in [0.29, 0.717) is 12.1 Å². The van der Waals surface area contributed by atoms with Crippen LogP contribution in [0.1, 0.15) is 21.6 Å². The van der Waals surface area contributed by atoms with Gasteiger partial charge in [-0.15, -0.1) is 0 Å². The molecule has 0 aliphatic carbocycles. The first kappa shape index (κ1) is 13.4. The van der Waals surface area contributed by atoms with Crippen LogP contribution in [-0.4, -0.2) is 15.5 Å². The maximum atomic E-state index is 12.0. The number of nitrogens with one attached hydrogen (secondary N) is 1. The van der Waals surface area contributed by atoms with E-state index >= 15 is 0 Å². The molecule has 21 heavy (non-hydrogen) atoms. The number of aryl methyl sites for hydroxylation is 2. The summed E-state index contributed by atoms with van der Waals surface area (Å²) in [4.78, 5) is 15.9. The van der Waals surface area contributed by atoms with Crippen LogP contribution < -0.4 is 5.32 Å². The molecule has 0 spiro atoms. The van der Waals surface area contributed by atoms with Crippen LogP contribution in [0.5, 0.6) is 0 Å². The molecule has 0 aliphatic rings. The molecule has 4 heteroatoms. The highest BCUT2D eigenvalue weighted by Crippen LogP contribution is 2.19. The van der Waals surface area contributed by atoms with E-state index in [1.54, 1.807) is 24.5 Å². The minimum atomic E-state index is -0.104. The van der Waals surface area contributed by atoms with E-state index < -0.39 is 0 Å². The average molecular weight is 279 g/mol. The average Bonchev–Trinajstić information content (AvgIpc) is 2.80. The summed E-state index contributed by atoms with van der Waals surface area (Å²) in [6.07, 6.45) is 3.22. The van der Waals surface area contributed by atoms with Crippen LogP contribution in [0.2, 0.25) is 0 Å². The lowest BCUT2D eigenvalue weighted by Gasteiger charge is -2.06. The molecule has 1 aromatic carbocycles. The minimum absolute atomic E-state index is 0.104. The van der Waals surface area contributed by atoms with Crippen LogP contribution in [0.25, 0.3) is 10.9 Å². The Hall–Kier alpha value is -2.62. The second kappa shape index (κ2) is 5.40. The molecule has 4 nitrogen and oxygen atoms in total. The summed E-state index contributed by atoms with van der Waals surface area (Å²) in [5.74, 6) is -0.104. The summed E-state index contributed by atoms with van der Waals surface area (Å²) in [7, 11) is 2.06. The van der Waals surface area contributed by atoms with Gasteiger partial charge in [0.05, 0.1) is 5.56 Å². The molecular formula is C17H17N3O. The van der Waals surface area contributed by atoms with E-state index in [4.69, 9.17) is 0 Å². The Kier molecular flexibility index (Phi) is 3.44. The molecule has 0 radical (unpaired) electrons. The summed E-state index contributed by atoms with van der Waals surface area (Å²) in [5.41, 5.74) is 4.09. The topological polar surface area (TPSA) is 46.9 Å². The fourth-order valence-corrected chi connectivity index (χ4v) is 2.43. The number of carbonyl (C=O) groups is 1. The molecule has 1 N–H and O–H groups in total. The summed E-state index contributed by atoms with van der Waals surface area (Å²) in [6, 6.07) is 11.9. The Bertz CT molecular complexity index is 790. The maximum absolute atomic E-state index is 12.0. The molecule has 0 saturated carbocycles. The quantitative estimate of drug-likeness (QED) is 0.801. The van der Waals surface area contributed by atoms with Crippen LogP contribution in [0.4, 0.5) is 0 Å².